The first-order valence-electron chi connectivity index (χ1n) is 7.03. The first-order valence-corrected chi connectivity index (χ1v) is 7.03. The van der Waals surface area contributed by atoms with E-state index in [1.807, 2.05) is 13.8 Å². The fourth-order valence-electron chi connectivity index (χ4n) is 2.72. The van der Waals surface area contributed by atoms with Crippen LogP contribution in [0.2, 0.25) is 0 Å². The van der Waals surface area contributed by atoms with Gasteiger partial charge in [-0.3, -0.25) is 4.79 Å². The highest BCUT2D eigenvalue weighted by Gasteiger charge is 2.45. The van der Waals surface area contributed by atoms with Gasteiger partial charge in [0, 0.05) is 6.42 Å². The Labute approximate surface area is 119 Å². The molecule has 0 aromatic heterocycles. The van der Waals surface area contributed by atoms with Gasteiger partial charge in [-0.05, 0) is 45.1 Å². The smallest absolute Gasteiger partial charge is 0.329 e. The lowest BCUT2D eigenvalue weighted by molar-refractivity contribution is -0.151. The van der Waals surface area contributed by atoms with Crippen LogP contribution in [-0.4, -0.2) is 22.5 Å². The number of benzene rings is 1. The van der Waals surface area contributed by atoms with Crippen molar-refractivity contribution in [3.05, 3.63) is 34.9 Å². The van der Waals surface area contributed by atoms with E-state index in [0.717, 1.165) is 12.0 Å². The Morgan fingerprint density at radius 2 is 1.80 bits per heavy atom. The molecule has 1 amide bonds. The van der Waals surface area contributed by atoms with Crippen molar-refractivity contribution in [3.63, 3.8) is 0 Å². The molecule has 1 aromatic carbocycles. The molecule has 4 heteroatoms. The summed E-state index contributed by atoms with van der Waals surface area (Å²) < 4.78 is 0. The van der Waals surface area contributed by atoms with Crippen LogP contribution in [0.4, 0.5) is 0 Å². The van der Waals surface area contributed by atoms with Gasteiger partial charge >= 0.3 is 5.97 Å². The number of hydrogen-bond donors (Lipinski definition) is 2. The van der Waals surface area contributed by atoms with E-state index in [4.69, 9.17) is 0 Å². The minimum absolute atomic E-state index is 0.175. The molecule has 4 nitrogen and oxygen atoms in total. The van der Waals surface area contributed by atoms with Gasteiger partial charge < -0.3 is 10.4 Å². The van der Waals surface area contributed by atoms with Crippen molar-refractivity contribution >= 4 is 11.9 Å². The molecule has 1 fully saturated rings. The Bertz CT molecular complexity index is 512. The minimum atomic E-state index is -1.00. The first-order chi connectivity index (χ1) is 9.41. The number of carboxylic acids is 1. The zero-order valence-electron chi connectivity index (χ0n) is 12.0. The molecule has 2 rings (SSSR count). The third-order valence-corrected chi connectivity index (χ3v) is 3.92. The number of carbonyl (C=O) groups is 2. The summed E-state index contributed by atoms with van der Waals surface area (Å²) in [6.07, 6.45) is 2.92. The van der Waals surface area contributed by atoms with Crippen molar-refractivity contribution in [1.29, 1.82) is 0 Å². The van der Waals surface area contributed by atoms with E-state index >= 15 is 0 Å². The van der Waals surface area contributed by atoms with Crippen LogP contribution in [0.15, 0.2) is 18.2 Å². The lowest BCUT2D eigenvalue weighted by atomic mass is 9.76. The molecule has 1 aliphatic rings. The second kappa shape index (κ2) is 5.65. The number of hydrogen-bond acceptors (Lipinski definition) is 2. The second-order valence-corrected chi connectivity index (χ2v) is 5.78. The summed E-state index contributed by atoms with van der Waals surface area (Å²) in [6.45, 7) is 4.06. The summed E-state index contributed by atoms with van der Waals surface area (Å²) in [5.41, 5.74) is 2.48. The van der Waals surface area contributed by atoms with Gasteiger partial charge in [0.25, 0.3) is 0 Å². The summed E-state index contributed by atoms with van der Waals surface area (Å²) in [5, 5.41) is 11.9. The highest BCUT2D eigenvalue weighted by atomic mass is 16.4. The number of aliphatic carboxylic acids is 1. The molecule has 0 saturated heterocycles. The predicted octanol–water partition coefficient (Wildman–Crippen LogP) is 2.36. The van der Waals surface area contributed by atoms with Gasteiger partial charge in [0.05, 0.1) is 0 Å². The Balaban J connectivity index is 1.90. The number of carboxylic acid groups (broad SMARTS) is 1. The molecule has 2 N–H and O–H groups in total. The molecule has 0 radical (unpaired) electrons. The van der Waals surface area contributed by atoms with Crippen molar-refractivity contribution in [2.24, 2.45) is 0 Å². The number of carbonyl (C=O) groups excluding carboxylic acids is 1. The standard InChI is InChI=1S/C16H21NO3/c1-11-8-12(2)10-13(9-11)4-5-14(18)17-16(15(19)20)6-3-7-16/h8-10H,3-7H2,1-2H3,(H,17,18)(H,19,20). The molecule has 108 valence electrons. The van der Waals surface area contributed by atoms with Crippen LogP contribution in [0.5, 0.6) is 0 Å². The van der Waals surface area contributed by atoms with Crippen LogP contribution in [-0.2, 0) is 16.0 Å². The molecule has 0 bridgehead atoms. The van der Waals surface area contributed by atoms with E-state index in [9.17, 15) is 14.7 Å². The van der Waals surface area contributed by atoms with Crippen molar-refractivity contribution in [3.8, 4) is 0 Å². The van der Waals surface area contributed by atoms with E-state index in [1.54, 1.807) is 0 Å². The third-order valence-electron chi connectivity index (χ3n) is 3.92. The second-order valence-electron chi connectivity index (χ2n) is 5.78. The van der Waals surface area contributed by atoms with E-state index < -0.39 is 11.5 Å². The summed E-state index contributed by atoms with van der Waals surface area (Å²) in [5.74, 6) is -1.09. The monoisotopic (exact) mass is 275 g/mol. The molecule has 0 heterocycles. The van der Waals surface area contributed by atoms with Gasteiger partial charge in [-0.1, -0.05) is 29.3 Å². The highest BCUT2D eigenvalue weighted by Crippen LogP contribution is 2.32. The van der Waals surface area contributed by atoms with E-state index in [-0.39, 0.29) is 5.91 Å². The highest BCUT2D eigenvalue weighted by molar-refractivity contribution is 5.87. The molecular formula is C16H21NO3. The minimum Gasteiger partial charge on any atom is -0.480 e. The molecule has 1 aliphatic carbocycles. The van der Waals surface area contributed by atoms with Crippen molar-refractivity contribution < 1.29 is 14.7 Å². The maximum Gasteiger partial charge on any atom is 0.329 e. The van der Waals surface area contributed by atoms with E-state index in [0.29, 0.717) is 25.7 Å². The van der Waals surface area contributed by atoms with Crippen LogP contribution in [0.1, 0.15) is 42.4 Å². The molecule has 0 unspecified atom stereocenters. The fraction of sp³-hybridized carbons (Fsp3) is 0.500. The molecule has 1 saturated carbocycles. The van der Waals surface area contributed by atoms with Gasteiger partial charge in [0.1, 0.15) is 5.54 Å². The van der Waals surface area contributed by atoms with E-state index in [2.05, 4.69) is 23.5 Å². The maximum atomic E-state index is 11.9. The SMILES string of the molecule is Cc1cc(C)cc(CCC(=O)NC2(C(=O)O)CCC2)c1. The summed E-state index contributed by atoms with van der Waals surface area (Å²) in [6, 6.07) is 6.23. The average molecular weight is 275 g/mol. The van der Waals surface area contributed by atoms with Gasteiger partial charge in [-0.15, -0.1) is 0 Å². The van der Waals surface area contributed by atoms with Crippen LogP contribution < -0.4 is 5.32 Å². The Morgan fingerprint density at radius 1 is 1.20 bits per heavy atom. The molecular weight excluding hydrogens is 254 g/mol. The lowest BCUT2D eigenvalue weighted by Gasteiger charge is -2.38. The number of amides is 1. The topological polar surface area (TPSA) is 66.4 Å². The van der Waals surface area contributed by atoms with Crippen molar-refractivity contribution in [2.45, 2.75) is 51.5 Å². The van der Waals surface area contributed by atoms with Gasteiger partial charge in [0.2, 0.25) is 5.91 Å². The molecule has 0 spiro atoms. The molecule has 20 heavy (non-hydrogen) atoms. The Kier molecular flexibility index (Phi) is 4.12. The van der Waals surface area contributed by atoms with Gasteiger partial charge in [-0.2, -0.15) is 0 Å². The zero-order valence-corrected chi connectivity index (χ0v) is 12.0. The number of rotatable bonds is 5. The first kappa shape index (κ1) is 14.6. The molecule has 0 aliphatic heterocycles. The summed E-state index contributed by atoms with van der Waals surface area (Å²) in [4.78, 5) is 23.1. The maximum absolute atomic E-state index is 11.9. The zero-order chi connectivity index (χ0) is 14.8. The Morgan fingerprint density at radius 3 is 2.25 bits per heavy atom. The lowest BCUT2D eigenvalue weighted by Crippen LogP contribution is -2.59. The molecule has 1 aromatic rings. The average Bonchev–Trinajstić information content (AvgIpc) is 2.29. The van der Waals surface area contributed by atoms with Crippen LogP contribution in [0.3, 0.4) is 0 Å². The fourth-order valence-corrected chi connectivity index (χ4v) is 2.72. The van der Waals surface area contributed by atoms with Gasteiger partial charge in [-0.25, -0.2) is 4.79 Å². The molecule has 0 atom stereocenters. The van der Waals surface area contributed by atoms with E-state index in [1.165, 1.54) is 11.1 Å². The third kappa shape index (κ3) is 3.18. The number of nitrogens with one attached hydrogen (secondary N) is 1. The van der Waals surface area contributed by atoms with Crippen LogP contribution >= 0.6 is 0 Å². The van der Waals surface area contributed by atoms with Crippen molar-refractivity contribution in [1.82, 2.24) is 5.32 Å². The quantitative estimate of drug-likeness (QED) is 0.867. The van der Waals surface area contributed by atoms with Crippen molar-refractivity contribution in [2.75, 3.05) is 0 Å². The van der Waals surface area contributed by atoms with Crippen LogP contribution in [0, 0.1) is 13.8 Å². The largest absolute Gasteiger partial charge is 0.480 e. The van der Waals surface area contributed by atoms with Gasteiger partial charge in [0.15, 0.2) is 0 Å². The normalized spacial score (nSPS) is 16.3. The Hall–Kier alpha value is -1.84. The summed E-state index contributed by atoms with van der Waals surface area (Å²) in [7, 11) is 0. The summed E-state index contributed by atoms with van der Waals surface area (Å²) >= 11 is 0. The number of aryl methyl sites for hydroxylation is 3. The van der Waals surface area contributed by atoms with Crippen LogP contribution in [0.25, 0.3) is 0 Å². The predicted molar refractivity (Wildman–Crippen MR) is 76.6 cm³/mol.